The number of rotatable bonds is 8. The van der Waals surface area contributed by atoms with Gasteiger partial charge in [-0.2, -0.15) is 0 Å². The van der Waals surface area contributed by atoms with Gasteiger partial charge in [-0.25, -0.2) is 14.2 Å². The number of carboxylic acids is 1. The Labute approximate surface area is 210 Å². The summed E-state index contributed by atoms with van der Waals surface area (Å²) in [5.74, 6) is -1.30. The summed E-state index contributed by atoms with van der Waals surface area (Å²) in [7, 11) is 0. The fourth-order valence-electron chi connectivity index (χ4n) is 4.64. The van der Waals surface area contributed by atoms with Crippen LogP contribution in [0, 0.1) is 5.82 Å². The highest BCUT2D eigenvalue weighted by atomic mass is 32.1. The van der Waals surface area contributed by atoms with E-state index in [1.165, 1.54) is 34.8 Å². The van der Waals surface area contributed by atoms with E-state index >= 15 is 0 Å². The van der Waals surface area contributed by atoms with Crippen molar-refractivity contribution >= 4 is 49.8 Å². The summed E-state index contributed by atoms with van der Waals surface area (Å²) >= 11 is 2.72. The Hall–Kier alpha value is -3.14. The minimum absolute atomic E-state index is 0.113. The average molecular weight is 510 g/mol. The van der Waals surface area contributed by atoms with Crippen molar-refractivity contribution in [2.75, 3.05) is 18.4 Å². The number of anilines is 1. The van der Waals surface area contributed by atoms with E-state index in [1.54, 1.807) is 18.3 Å². The molecule has 6 nitrogen and oxygen atoms in total. The van der Waals surface area contributed by atoms with Crippen LogP contribution in [-0.4, -0.2) is 46.0 Å². The molecule has 2 aromatic carbocycles. The number of hydrogen-bond donors (Lipinski definition) is 2. The van der Waals surface area contributed by atoms with E-state index in [4.69, 9.17) is 0 Å². The third-order valence-electron chi connectivity index (χ3n) is 6.27. The second-order valence-electron chi connectivity index (χ2n) is 8.66. The zero-order valence-electron chi connectivity index (χ0n) is 18.9. The highest BCUT2D eigenvalue weighted by molar-refractivity contribution is 7.21. The van der Waals surface area contributed by atoms with Crippen LogP contribution in [0.15, 0.2) is 54.7 Å². The first-order valence-corrected chi connectivity index (χ1v) is 13.1. The first kappa shape index (κ1) is 23.6. The molecular formula is C26H24FN3O3S2. The number of carboxylic acid groups (broad SMARTS) is 1. The molecule has 1 amide bonds. The molecule has 180 valence electrons. The molecule has 35 heavy (non-hydrogen) atoms. The number of aromatic nitrogens is 1. The zero-order chi connectivity index (χ0) is 24.4. The number of nitrogens with zero attached hydrogens (tertiary/aromatic N) is 2. The van der Waals surface area contributed by atoms with Crippen molar-refractivity contribution in [2.45, 2.75) is 31.7 Å². The van der Waals surface area contributed by atoms with Gasteiger partial charge < -0.3 is 10.4 Å². The molecule has 1 fully saturated rings. The van der Waals surface area contributed by atoms with E-state index in [1.807, 2.05) is 24.3 Å². The fraction of sp³-hybridized carbons (Fsp3) is 0.269. The number of carbonyl (C=O) groups is 2. The summed E-state index contributed by atoms with van der Waals surface area (Å²) in [6.45, 7) is 1.04. The minimum atomic E-state index is -0.899. The number of thiazole rings is 1. The Kier molecular flexibility index (Phi) is 6.90. The van der Waals surface area contributed by atoms with Crippen LogP contribution >= 0.6 is 22.7 Å². The van der Waals surface area contributed by atoms with Crippen molar-refractivity contribution in [3.05, 3.63) is 81.4 Å². The van der Waals surface area contributed by atoms with E-state index in [9.17, 15) is 19.1 Å². The molecule has 2 aromatic heterocycles. The number of nitrogens with one attached hydrogen (secondary N) is 1. The molecule has 1 atom stereocenters. The van der Waals surface area contributed by atoms with E-state index in [-0.39, 0.29) is 24.3 Å². The predicted molar refractivity (Wildman–Crippen MR) is 137 cm³/mol. The van der Waals surface area contributed by atoms with E-state index in [0.717, 1.165) is 45.5 Å². The number of benzene rings is 2. The van der Waals surface area contributed by atoms with E-state index in [0.29, 0.717) is 22.9 Å². The molecule has 4 aromatic rings. The van der Waals surface area contributed by atoms with Gasteiger partial charge in [0.1, 0.15) is 10.7 Å². The molecule has 0 aliphatic carbocycles. The quantitative estimate of drug-likeness (QED) is 0.331. The third-order valence-corrected chi connectivity index (χ3v) is 8.38. The van der Waals surface area contributed by atoms with Crippen LogP contribution in [0.3, 0.4) is 0 Å². The van der Waals surface area contributed by atoms with Crippen LogP contribution in [0.1, 0.15) is 38.5 Å². The first-order valence-electron chi connectivity index (χ1n) is 11.4. The highest BCUT2D eigenvalue weighted by Crippen LogP contribution is 2.34. The maximum Gasteiger partial charge on any atom is 0.346 e. The summed E-state index contributed by atoms with van der Waals surface area (Å²) in [5.41, 5.74) is 1.84. The number of amides is 1. The summed E-state index contributed by atoms with van der Waals surface area (Å²) in [6.07, 6.45) is 4.87. The van der Waals surface area contributed by atoms with Crippen molar-refractivity contribution in [2.24, 2.45) is 0 Å². The molecule has 1 aliphatic heterocycles. The number of aromatic carboxylic acids is 1. The van der Waals surface area contributed by atoms with E-state index < -0.39 is 5.97 Å². The Balaban J connectivity index is 1.22. The number of thiophene rings is 1. The van der Waals surface area contributed by atoms with Gasteiger partial charge in [0.15, 0.2) is 5.13 Å². The Morgan fingerprint density at radius 3 is 2.74 bits per heavy atom. The lowest BCUT2D eigenvalue weighted by atomic mass is 10.0. The molecule has 0 radical (unpaired) electrons. The van der Waals surface area contributed by atoms with Crippen LogP contribution in [0.2, 0.25) is 0 Å². The van der Waals surface area contributed by atoms with Gasteiger partial charge in [0, 0.05) is 28.2 Å². The number of fused-ring (bicyclic) bond motifs is 1. The highest BCUT2D eigenvalue weighted by Gasteiger charge is 2.29. The summed E-state index contributed by atoms with van der Waals surface area (Å²) in [6, 6.07) is 14.3. The number of hydrogen-bond acceptors (Lipinski definition) is 6. The average Bonchev–Trinajstić information content (AvgIpc) is 3.55. The Bertz CT molecular complexity index is 1370. The molecule has 1 aliphatic rings. The largest absolute Gasteiger partial charge is 0.477 e. The van der Waals surface area contributed by atoms with Gasteiger partial charge in [-0.3, -0.25) is 9.69 Å². The maximum atomic E-state index is 13.1. The Morgan fingerprint density at radius 2 is 1.94 bits per heavy atom. The lowest BCUT2D eigenvalue weighted by Crippen LogP contribution is -2.38. The summed E-state index contributed by atoms with van der Waals surface area (Å²) in [5, 5.41) is 14.2. The summed E-state index contributed by atoms with van der Waals surface area (Å²) in [4.78, 5) is 32.5. The van der Waals surface area contributed by atoms with E-state index in [2.05, 4.69) is 15.2 Å². The lowest BCUT2D eigenvalue weighted by molar-refractivity contribution is -0.117. The minimum Gasteiger partial charge on any atom is -0.477 e. The Morgan fingerprint density at radius 1 is 1.14 bits per heavy atom. The van der Waals surface area contributed by atoms with Crippen molar-refractivity contribution in [3.63, 3.8) is 0 Å². The molecule has 5 rings (SSSR count). The number of likely N-dealkylation sites (tertiary alicyclic amines) is 1. The predicted octanol–water partition coefficient (Wildman–Crippen LogP) is 5.43. The van der Waals surface area contributed by atoms with Crippen LogP contribution in [0.4, 0.5) is 9.52 Å². The van der Waals surface area contributed by atoms with Gasteiger partial charge in [0.2, 0.25) is 5.91 Å². The van der Waals surface area contributed by atoms with Crippen LogP contribution in [0.25, 0.3) is 10.1 Å². The van der Waals surface area contributed by atoms with Gasteiger partial charge in [0.05, 0.1) is 6.54 Å². The standard InChI is InChI=1S/C26H24FN3O3S2/c27-17-9-7-16(8-10-17)12-19-14-28-26(34-19)29-23(31)15-30-11-3-4-18(30)13-21-20-5-1-2-6-22(20)35-24(21)25(32)33/h1-2,5-10,14,18H,3-4,11-13,15H2,(H,32,33)(H,28,29,31)/t18-/m0/s1. The van der Waals surface area contributed by atoms with Gasteiger partial charge in [0.25, 0.3) is 0 Å². The smallest absolute Gasteiger partial charge is 0.346 e. The summed E-state index contributed by atoms with van der Waals surface area (Å²) < 4.78 is 14.1. The van der Waals surface area contributed by atoms with Crippen LogP contribution in [-0.2, 0) is 17.6 Å². The topological polar surface area (TPSA) is 82.5 Å². The van der Waals surface area contributed by atoms with Crippen molar-refractivity contribution in [1.29, 1.82) is 0 Å². The van der Waals surface area contributed by atoms with Gasteiger partial charge in [-0.1, -0.05) is 30.3 Å². The third kappa shape index (κ3) is 5.42. The molecule has 0 bridgehead atoms. The second-order valence-corrected chi connectivity index (χ2v) is 10.8. The molecule has 1 saturated heterocycles. The molecule has 3 heterocycles. The van der Waals surface area contributed by atoms with Gasteiger partial charge >= 0.3 is 5.97 Å². The monoisotopic (exact) mass is 509 g/mol. The molecule has 0 unspecified atom stereocenters. The number of halogens is 1. The lowest BCUT2D eigenvalue weighted by Gasteiger charge is -2.23. The maximum absolute atomic E-state index is 13.1. The normalized spacial score (nSPS) is 16.1. The molecule has 0 saturated carbocycles. The van der Waals surface area contributed by atoms with Crippen LogP contribution < -0.4 is 5.32 Å². The molecule has 2 N–H and O–H groups in total. The number of carbonyl (C=O) groups excluding carboxylic acids is 1. The molecule has 0 spiro atoms. The SMILES string of the molecule is O=C(CN1CCC[C@H]1Cc1c(C(=O)O)sc2ccccc12)Nc1ncc(Cc2ccc(F)cc2)s1. The van der Waals surface area contributed by atoms with Crippen molar-refractivity contribution in [3.8, 4) is 0 Å². The van der Waals surface area contributed by atoms with Gasteiger partial charge in [-0.15, -0.1) is 22.7 Å². The fourth-order valence-corrected chi connectivity index (χ4v) is 6.57. The second kappa shape index (κ2) is 10.2. The van der Waals surface area contributed by atoms with Gasteiger partial charge in [-0.05, 0) is 60.5 Å². The molecule has 9 heteroatoms. The van der Waals surface area contributed by atoms with Crippen LogP contribution in [0.5, 0.6) is 0 Å². The van der Waals surface area contributed by atoms with Crippen molar-refractivity contribution < 1.29 is 19.1 Å². The first-order chi connectivity index (χ1) is 17.0. The molecular weight excluding hydrogens is 485 g/mol. The zero-order valence-corrected chi connectivity index (χ0v) is 20.5. The van der Waals surface area contributed by atoms with Crippen molar-refractivity contribution in [1.82, 2.24) is 9.88 Å².